The maximum atomic E-state index is 12.4. The summed E-state index contributed by atoms with van der Waals surface area (Å²) in [6.07, 6.45) is 2.44. The van der Waals surface area contributed by atoms with Crippen molar-refractivity contribution in [3.05, 3.63) is 65.2 Å². The largest absolute Gasteiger partial charge is 0.493 e. The molecule has 2 rings (SSSR count). The molecule has 1 amide bonds. The standard InChI is InChI=1S/C20H20N2O2/c1-3-12-24-19-11-7-5-9-16(19)13-17(14-21)20(23)22-18-10-6-4-8-15(18)2/h4-11,13H,3,12H2,1-2H3,(H,22,23)/b17-13+. The molecule has 0 heterocycles. The van der Waals surface area contributed by atoms with Gasteiger partial charge in [-0.25, -0.2) is 0 Å². The first-order valence-corrected chi connectivity index (χ1v) is 7.86. The Morgan fingerprint density at radius 3 is 2.62 bits per heavy atom. The van der Waals surface area contributed by atoms with Crippen molar-refractivity contribution in [3.63, 3.8) is 0 Å². The molecule has 2 aromatic carbocycles. The van der Waals surface area contributed by atoms with E-state index in [1.807, 2.05) is 62.4 Å². The Kier molecular flexibility index (Phi) is 6.16. The van der Waals surface area contributed by atoms with Crippen molar-refractivity contribution in [1.29, 1.82) is 5.26 Å². The van der Waals surface area contributed by atoms with Crippen molar-refractivity contribution in [2.75, 3.05) is 11.9 Å². The predicted molar refractivity (Wildman–Crippen MR) is 95.6 cm³/mol. The molecule has 0 unspecified atom stereocenters. The number of nitrogens with zero attached hydrogens (tertiary/aromatic N) is 1. The van der Waals surface area contributed by atoms with Crippen LogP contribution in [0.25, 0.3) is 6.08 Å². The lowest BCUT2D eigenvalue weighted by Gasteiger charge is -2.09. The van der Waals surface area contributed by atoms with Crippen LogP contribution in [-0.2, 0) is 4.79 Å². The highest BCUT2D eigenvalue weighted by Gasteiger charge is 2.12. The van der Waals surface area contributed by atoms with Gasteiger partial charge in [-0.2, -0.15) is 5.26 Å². The third kappa shape index (κ3) is 4.47. The van der Waals surface area contributed by atoms with Crippen molar-refractivity contribution < 1.29 is 9.53 Å². The number of ether oxygens (including phenoxy) is 1. The van der Waals surface area contributed by atoms with E-state index >= 15 is 0 Å². The van der Waals surface area contributed by atoms with Crippen LogP contribution >= 0.6 is 0 Å². The van der Waals surface area contributed by atoms with E-state index < -0.39 is 5.91 Å². The van der Waals surface area contributed by atoms with Gasteiger partial charge in [-0.05, 0) is 37.1 Å². The van der Waals surface area contributed by atoms with E-state index in [0.29, 0.717) is 23.6 Å². The van der Waals surface area contributed by atoms with Gasteiger partial charge >= 0.3 is 0 Å². The molecule has 0 aliphatic heterocycles. The minimum Gasteiger partial charge on any atom is -0.493 e. The lowest BCUT2D eigenvalue weighted by atomic mass is 10.1. The topological polar surface area (TPSA) is 62.1 Å². The highest BCUT2D eigenvalue weighted by molar-refractivity contribution is 6.10. The fourth-order valence-corrected chi connectivity index (χ4v) is 2.15. The van der Waals surface area contributed by atoms with Gasteiger partial charge in [0.25, 0.3) is 5.91 Å². The molecule has 0 saturated heterocycles. The van der Waals surface area contributed by atoms with Crippen LogP contribution in [0.4, 0.5) is 5.69 Å². The van der Waals surface area contributed by atoms with Crippen LogP contribution in [0.1, 0.15) is 24.5 Å². The van der Waals surface area contributed by atoms with Gasteiger partial charge in [-0.1, -0.05) is 43.3 Å². The molecule has 2 aromatic rings. The first-order valence-electron chi connectivity index (χ1n) is 7.86. The molecule has 0 aliphatic rings. The number of carbonyl (C=O) groups excluding carboxylic acids is 1. The highest BCUT2D eigenvalue weighted by atomic mass is 16.5. The molecule has 4 heteroatoms. The summed E-state index contributed by atoms with van der Waals surface area (Å²) in [6.45, 7) is 4.51. The van der Waals surface area contributed by atoms with Crippen LogP contribution < -0.4 is 10.1 Å². The lowest BCUT2D eigenvalue weighted by molar-refractivity contribution is -0.112. The van der Waals surface area contributed by atoms with Gasteiger partial charge in [0.15, 0.2) is 0 Å². The second-order valence-electron chi connectivity index (χ2n) is 5.33. The zero-order chi connectivity index (χ0) is 17.4. The first-order chi connectivity index (χ1) is 11.7. The molecule has 0 spiro atoms. The van der Waals surface area contributed by atoms with E-state index in [-0.39, 0.29) is 5.57 Å². The van der Waals surface area contributed by atoms with E-state index in [1.54, 1.807) is 12.1 Å². The average molecular weight is 320 g/mol. The molecule has 0 atom stereocenters. The molecule has 0 fully saturated rings. The number of rotatable bonds is 6. The summed E-state index contributed by atoms with van der Waals surface area (Å²) in [5.74, 6) is 0.230. The van der Waals surface area contributed by atoms with Crippen molar-refractivity contribution >= 4 is 17.7 Å². The molecule has 4 nitrogen and oxygen atoms in total. The Bertz CT molecular complexity index is 788. The van der Waals surface area contributed by atoms with E-state index in [1.165, 1.54) is 0 Å². The summed E-state index contributed by atoms with van der Waals surface area (Å²) in [5.41, 5.74) is 2.38. The van der Waals surface area contributed by atoms with Gasteiger partial charge in [0.05, 0.1) is 6.61 Å². The van der Waals surface area contributed by atoms with Crippen molar-refractivity contribution in [3.8, 4) is 11.8 Å². The summed E-state index contributed by atoms with van der Waals surface area (Å²) in [6, 6.07) is 16.8. The number of amides is 1. The van der Waals surface area contributed by atoms with Gasteiger partial charge < -0.3 is 10.1 Å². The van der Waals surface area contributed by atoms with E-state index in [0.717, 1.165) is 12.0 Å². The first kappa shape index (κ1) is 17.3. The molecular weight excluding hydrogens is 300 g/mol. The second-order valence-corrected chi connectivity index (χ2v) is 5.33. The van der Waals surface area contributed by atoms with Crippen LogP contribution in [0.3, 0.4) is 0 Å². The monoisotopic (exact) mass is 320 g/mol. The fourth-order valence-electron chi connectivity index (χ4n) is 2.15. The van der Waals surface area contributed by atoms with Crippen molar-refractivity contribution in [2.45, 2.75) is 20.3 Å². The Morgan fingerprint density at radius 2 is 1.92 bits per heavy atom. The number of hydrogen-bond acceptors (Lipinski definition) is 3. The number of nitrogens with one attached hydrogen (secondary N) is 1. The van der Waals surface area contributed by atoms with Crippen LogP contribution in [0, 0.1) is 18.3 Å². The Balaban J connectivity index is 2.25. The second kappa shape index (κ2) is 8.54. The van der Waals surface area contributed by atoms with E-state index in [4.69, 9.17) is 4.74 Å². The lowest BCUT2D eigenvalue weighted by Crippen LogP contribution is -2.14. The molecule has 0 radical (unpaired) electrons. The SMILES string of the molecule is CCCOc1ccccc1/C=C(\C#N)C(=O)Nc1ccccc1C. The Labute approximate surface area is 142 Å². The zero-order valence-electron chi connectivity index (χ0n) is 13.9. The summed E-state index contributed by atoms with van der Waals surface area (Å²) < 4.78 is 5.66. The number of benzene rings is 2. The van der Waals surface area contributed by atoms with Crippen LogP contribution in [-0.4, -0.2) is 12.5 Å². The number of carbonyl (C=O) groups is 1. The number of anilines is 1. The Hall–Kier alpha value is -3.06. The molecule has 0 aliphatic carbocycles. The maximum Gasteiger partial charge on any atom is 0.266 e. The third-order valence-electron chi connectivity index (χ3n) is 3.44. The van der Waals surface area contributed by atoms with Crippen molar-refractivity contribution in [2.24, 2.45) is 0 Å². The van der Waals surface area contributed by atoms with Crippen LogP contribution in [0.5, 0.6) is 5.75 Å². The summed E-state index contributed by atoms with van der Waals surface area (Å²) in [7, 11) is 0. The minimum absolute atomic E-state index is 0.0331. The molecule has 24 heavy (non-hydrogen) atoms. The predicted octanol–water partition coefficient (Wildman–Crippen LogP) is 4.33. The molecule has 0 saturated carbocycles. The maximum absolute atomic E-state index is 12.4. The summed E-state index contributed by atoms with van der Waals surface area (Å²) >= 11 is 0. The van der Waals surface area contributed by atoms with Crippen LogP contribution in [0.2, 0.25) is 0 Å². The van der Waals surface area contributed by atoms with E-state index in [2.05, 4.69) is 5.32 Å². The fraction of sp³-hybridized carbons (Fsp3) is 0.200. The minimum atomic E-state index is -0.433. The number of para-hydroxylation sites is 2. The van der Waals surface area contributed by atoms with Gasteiger partial charge in [-0.15, -0.1) is 0 Å². The number of nitriles is 1. The average Bonchev–Trinajstić information content (AvgIpc) is 2.60. The third-order valence-corrected chi connectivity index (χ3v) is 3.44. The van der Waals surface area contributed by atoms with Crippen LogP contribution in [0.15, 0.2) is 54.1 Å². The molecular formula is C20H20N2O2. The highest BCUT2D eigenvalue weighted by Crippen LogP contribution is 2.22. The molecule has 0 bridgehead atoms. The Morgan fingerprint density at radius 1 is 1.21 bits per heavy atom. The zero-order valence-corrected chi connectivity index (χ0v) is 13.9. The van der Waals surface area contributed by atoms with Gasteiger partial charge in [-0.3, -0.25) is 4.79 Å². The van der Waals surface area contributed by atoms with Gasteiger partial charge in [0.1, 0.15) is 17.4 Å². The summed E-state index contributed by atoms with van der Waals surface area (Å²) in [4.78, 5) is 12.4. The molecule has 1 N–H and O–H groups in total. The van der Waals surface area contributed by atoms with Gasteiger partial charge in [0.2, 0.25) is 0 Å². The van der Waals surface area contributed by atoms with Crippen molar-refractivity contribution in [1.82, 2.24) is 0 Å². The number of hydrogen-bond donors (Lipinski definition) is 1. The number of aryl methyl sites for hydroxylation is 1. The van der Waals surface area contributed by atoms with Gasteiger partial charge in [0, 0.05) is 11.3 Å². The van der Waals surface area contributed by atoms with E-state index in [9.17, 15) is 10.1 Å². The quantitative estimate of drug-likeness (QED) is 0.636. The molecule has 0 aromatic heterocycles. The normalized spacial score (nSPS) is 10.8. The molecule has 122 valence electrons. The smallest absolute Gasteiger partial charge is 0.266 e. The summed E-state index contributed by atoms with van der Waals surface area (Å²) in [5, 5.41) is 12.1.